The summed E-state index contributed by atoms with van der Waals surface area (Å²) in [6.45, 7) is 0. The molecule has 76 valence electrons. The van der Waals surface area contributed by atoms with E-state index in [1.54, 1.807) is 0 Å². The third kappa shape index (κ3) is 2.09. The topological polar surface area (TPSA) is 77.8 Å². The van der Waals surface area contributed by atoms with Gasteiger partial charge in [-0.15, -0.1) is 0 Å². The van der Waals surface area contributed by atoms with E-state index in [1.807, 2.05) is 0 Å². The minimum absolute atomic E-state index is 0.0993. The number of aromatic hydroxyl groups is 1. The number of aliphatic carboxylic acids is 1. The van der Waals surface area contributed by atoms with Crippen molar-refractivity contribution in [1.29, 1.82) is 0 Å². The molecule has 0 radical (unpaired) electrons. The molecule has 1 atom stereocenters. The largest absolute Gasteiger partial charge is 0.506 e. The Morgan fingerprint density at radius 3 is 2.43 bits per heavy atom. The van der Waals surface area contributed by atoms with E-state index in [4.69, 9.17) is 28.3 Å². The summed E-state index contributed by atoms with van der Waals surface area (Å²) in [5.41, 5.74) is -0.135. The molecule has 3 N–H and O–H groups in total. The van der Waals surface area contributed by atoms with Crippen LogP contribution in [0.25, 0.3) is 0 Å². The van der Waals surface area contributed by atoms with Crippen molar-refractivity contribution >= 4 is 29.2 Å². The van der Waals surface area contributed by atoms with Crippen molar-refractivity contribution in [1.82, 2.24) is 0 Å². The van der Waals surface area contributed by atoms with Crippen LogP contribution in [0.4, 0.5) is 0 Å². The fourth-order valence-corrected chi connectivity index (χ4v) is 1.36. The van der Waals surface area contributed by atoms with Gasteiger partial charge in [-0.25, -0.2) is 4.79 Å². The van der Waals surface area contributed by atoms with Crippen LogP contribution in [-0.2, 0) is 4.79 Å². The van der Waals surface area contributed by atoms with Crippen LogP contribution in [0, 0.1) is 0 Å². The van der Waals surface area contributed by atoms with Crippen LogP contribution in [0.1, 0.15) is 11.7 Å². The first kappa shape index (κ1) is 11.1. The molecule has 1 rings (SSSR count). The van der Waals surface area contributed by atoms with Crippen molar-refractivity contribution in [2.75, 3.05) is 0 Å². The van der Waals surface area contributed by atoms with Crippen LogP contribution in [0.2, 0.25) is 10.0 Å². The molecule has 1 unspecified atom stereocenters. The van der Waals surface area contributed by atoms with Crippen molar-refractivity contribution in [3.63, 3.8) is 0 Å². The zero-order chi connectivity index (χ0) is 10.9. The molecule has 0 amide bonds. The molecular weight excluding hydrogens is 231 g/mol. The minimum atomic E-state index is -1.80. The van der Waals surface area contributed by atoms with Crippen molar-refractivity contribution in [2.24, 2.45) is 0 Å². The number of carboxylic acids is 1. The number of carboxylic acid groups (broad SMARTS) is 1. The molecule has 4 nitrogen and oxygen atoms in total. The van der Waals surface area contributed by atoms with Gasteiger partial charge in [-0.3, -0.25) is 0 Å². The predicted octanol–water partition coefficient (Wildman–Crippen LogP) is 1.82. The molecule has 0 aliphatic rings. The van der Waals surface area contributed by atoms with E-state index < -0.39 is 12.1 Å². The van der Waals surface area contributed by atoms with Gasteiger partial charge in [-0.1, -0.05) is 23.2 Å². The molecule has 6 heteroatoms. The number of phenols is 1. The quantitative estimate of drug-likeness (QED) is 0.732. The number of rotatable bonds is 2. The summed E-state index contributed by atoms with van der Waals surface area (Å²) < 4.78 is 0. The maximum Gasteiger partial charge on any atom is 0.337 e. The molecule has 0 fully saturated rings. The molecule has 0 saturated carbocycles. The maximum atomic E-state index is 10.4. The van der Waals surface area contributed by atoms with Crippen molar-refractivity contribution in [3.05, 3.63) is 27.7 Å². The zero-order valence-electron chi connectivity index (χ0n) is 6.74. The van der Waals surface area contributed by atoms with Gasteiger partial charge in [-0.2, -0.15) is 0 Å². The molecule has 14 heavy (non-hydrogen) atoms. The average Bonchev–Trinajstić information content (AvgIpc) is 2.09. The molecule has 0 heterocycles. The lowest BCUT2D eigenvalue weighted by molar-refractivity contribution is -0.146. The maximum absolute atomic E-state index is 10.4. The third-order valence-electron chi connectivity index (χ3n) is 1.57. The smallest absolute Gasteiger partial charge is 0.337 e. The second kappa shape index (κ2) is 4.04. The highest BCUT2D eigenvalue weighted by Crippen LogP contribution is 2.34. The van der Waals surface area contributed by atoms with E-state index >= 15 is 0 Å². The van der Waals surface area contributed by atoms with Gasteiger partial charge in [0.1, 0.15) is 5.75 Å². The lowest BCUT2D eigenvalue weighted by atomic mass is 10.1. The van der Waals surface area contributed by atoms with Gasteiger partial charge < -0.3 is 15.3 Å². The van der Waals surface area contributed by atoms with Crippen LogP contribution in [0.15, 0.2) is 12.1 Å². The van der Waals surface area contributed by atoms with Crippen molar-refractivity contribution in [2.45, 2.75) is 6.10 Å². The summed E-state index contributed by atoms with van der Waals surface area (Å²) >= 11 is 11.1. The number of aliphatic hydroxyl groups is 1. The van der Waals surface area contributed by atoms with Gasteiger partial charge in [0, 0.05) is 16.7 Å². The van der Waals surface area contributed by atoms with Crippen molar-refractivity contribution < 1.29 is 20.1 Å². The van der Waals surface area contributed by atoms with Gasteiger partial charge in [-0.05, 0) is 6.07 Å². The summed E-state index contributed by atoms with van der Waals surface area (Å²) in [5, 5.41) is 26.8. The molecule has 0 saturated heterocycles. The third-order valence-corrected chi connectivity index (χ3v) is 2.20. The summed E-state index contributed by atoms with van der Waals surface area (Å²) in [5.74, 6) is -1.83. The Hall–Kier alpha value is -0.970. The number of hydrogen-bond acceptors (Lipinski definition) is 3. The Morgan fingerprint density at radius 1 is 1.36 bits per heavy atom. The van der Waals surface area contributed by atoms with Crippen molar-refractivity contribution in [3.8, 4) is 5.75 Å². The van der Waals surface area contributed by atoms with Crippen LogP contribution in [0.5, 0.6) is 5.75 Å². The first-order valence-electron chi connectivity index (χ1n) is 3.52. The second-order valence-electron chi connectivity index (χ2n) is 2.57. The Bertz CT molecular complexity index is 378. The normalized spacial score (nSPS) is 12.5. The van der Waals surface area contributed by atoms with E-state index in [2.05, 4.69) is 0 Å². The molecular formula is C8H6Cl2O4. The van der Waals surface area contributed by atoms with Gasteiger partial charge in [0.15, 0.2) is 6.10 Å². The highest BCUT2D eigenvalue weighted by molar-refractivity contribution is 6.35. The van der Waals surface area contributed by atoms with Crippen LogP contribution in [0.3, 0.4) is 0 Å². The lowest BCUT2D eigenvalue weighted by Crippen LogP contribution is -2.10. The first-order valence-corrected chi connectivity index (χ1v) is 4.28. The summed E-state index contributed by atoms with van der Waals surface area (Å²) in [6, 6.07) is 2.34. The number of halogens is 2. The fourth-order valence-electron chi connectivity index (χ4n) is 0.927. The van der Waals surface area contributed by atoms with E-state index in [0.717, 1.165) is 6.07 Å². The molecule has 0 aliphatic carbocycles. The lowest BCUT2D eigenvalue weighted by Gasteiger charge is -2.09. The number of phenolic OH excluding ortho intramolecular Hbond substituents is 1. The molecule has 1 aromatic rings. The van der Waals surface area contributed by atoms with Crippen LogP contribution >= 0.6 is 23.2 Å². The Kier molecular flexibility index (Phi) is 3.21. The van der Waals surface area contributed by atoms with Gasteiger partial charge in [0.05, 0.1) is 5.02 Å². The summed E-state index contributed by atoms with van der Waals surface area (Å²) in [7, 11) is 0. The average molecular weight is 237 g/mol. The number of aliphatic hydroxyl groups excluding tert-OH is 1. The van der Waals surface area contributed by atoms with E-state index in [-0.39, 0.29) is 21.4 Å². The van der Waals surface area contributed by atoms with E-state index in [0.29, 0.717) is 0 Å². The standard InChI is InChI=1S/C8H6Cl2O4/c9-3-1-4(7(12)8(13)14)6(10)5(11)2-3/h1-2,7,11-12H,(H,13,14). The minimum Gasteiger partial charge on any atom is -0.506 e. The van der Waals surface area contributed by atoms with Crippen LogP contribution in [-0.4, -0.2) is 21.3 Å². The molecule has 1 aromatic carbocycles. The van der Waals surface area contributed by atoms with E-state index in [1.165, 1.54) is 6.07 Å². The van der Waals surface area contributed by atoms with Gasteiger partial charge in [0.2, 0.25) is 0 Å². The molecule has 0 aromatic heterocycles. The predicted molar refractivity (Wildman–Crippen MR) is 50.7 cm³/mol. The van der Waals surface area contributed by atoms with Gasteiger partial charge in [0.25, 0.3) is 0 Å². The SMILES string of the molecule is O=C(O)C(O)c1cc(Cl)cc(O)c1Cl. The summed E-state index contributed by atoms with van der Waals surface area (Å²) in [6.07, 6.45) is -1.80. The monoisotopic (exact) mass is 236 g/mol. The van der Waals surface area contributed by atoms with E-state index in [9.17, 15) is 15.0 Å². The highest BCUT2D eigenvalue weighted by atomic mass is 35.5. The summed E-state index contributed by atoms with van der Waals surface area (Å²) in [4.78, 5) is 10.4. The Balaban J connectivity index is 3.26. The van der Waals surface area contributed by atoms with Gasteiger partial charge >= 0.3 is 5.97 Å². The fraction of sp³-hybridized carbons (Fsp3) is 0.125. The zero-order valence-corrected chi connectivity index (χ0v) is 8.25. The molecule has 0 aliphatic heterocycles. The Labute approximate surface area is 89.3 Å². The highest BCUT2D eigenvalue weighted by Gasteiger charge is 2.21. The first-order chi connectivity index (χ1) is 6.43. The molecule has 0 bridgehead atoms. The number of carbonyl (C=O) groups is 1. The molecule has 0 spiro atoms. The number of benzene rings is 1. The van der Waals surface area contributed by atoms with Crippen LogP contribution < -0.4 is 0 Å². The Morgan fingerprint density at radius 2 is 1.93 bits per heavy atom. The second-order valence-corrected chi connectivity index (χ2v) is 3.38. The number of hydrogen-bond donors (Lipinski definition) is 3.